The van der Waals surface area contributed by atoms with Crippen molar-refractivity contribution in [2.45, 2.75) is 36.4 Å². The Labute approximate surface area is 189 Å². The highest BCUT2D eigenvalue weighted by atomic mass is 79.9. The van der Waals surface area contributed by atoms with E-state index in [-0.39, 0.29) is 33.7 Å². The Morgan fingerprint density at radius 2 is 2.23 bits per heavy atom. The minimum atomic E-state index is -0.991. The molecule has 1 saturated heterocycles. The zero-order chi connectivity index (χ0) is 21.6. The Kier molecular flexibility index (Phi) is 6.11. The lowest BCUT2D eigenvalue weighted by molar-refractivity contribution is 0.0783. The lowest BCUT2D eigenvalue weighted by Crippen LogP contribution is -2.46. The van der Waals surface area contributed by atoms with Gasteiger partial charge < -0.3 is 15.1 Å². The molecule has 1 aromatic carbocycles. The summed E-state index contributed by atoms with van der Waals surface area (Å²) in [5, 5.41) is 25.7. The third-order valence-electron chi connectivity index (χ3n) is 5.57. The first-order valence-electron chi connectivity index (χ1n) is 9.36. The van der Waals surface area contributed by atoms with Gasteiger partial charge in [0.1, 0.15) is 10.5 Å². The molecular weight excluding hydrogens is 499 g/mol. The summed E-state index contributed by atoms with van der Waals surface area (Å²) in [6, 6.07) is 1.27. The van der Waals surface area contributed by atoms with E-state index < -0.39 is 11.9 Å². The molecule has 0 saturated carbocycles. The third-order valence-corrected chi connectivity index (χ3v) is 7.57. The van der Waals surface area contributed by atoms with Crippen molar-refractivity contribution < 1.29 is 19.4 Å². The lowest BCUT2D eigenvalue weighted by atomic mass is 9.95. The lowest BCUT2D eigenvalue weighted by Gasteiger charge is -2.38. The number of pyridine rings is 1. The molecule has 0 unspecified atom stereocenters. The van der Waals surface area contributed by atoms with Crippen molar-refractivity contribution in [2.75, 3.05) is 19.4 Å². The van der Waals surface area contributed by atoms with Crippen LogP contribution in [0.15, 0.2) is 21.8 Å². The summed E-state index contributed by atoms with van der Waals surface area (Å²) in [5.41, 5.74) is 0.939. The minimum absolute atomic E-state index is 0.0968. The molecule has 2 aromatic heterocycles. The third kappa shape index (κ3) is 3.53. The number of rotatable bonds is 4. The molecule has 0 bridgehead atoms. The molecule has 1 amide bonds. The predicted octanol–water partition coefficient (Wildman–Crippen LogP) is 4.93. The summed E-state index contributed by atoms with van der Waals surface area (Å²) in [6.45, 7) is 0.241. The average molecular weight is 518 g/mol. The number of thioether (sulfide) groups is 1. The molecule has 2 N–H and O–H groups in total. The molecule has 160 valence electrons. The van der Waals surface area contributed by atoms with Gasteiger partial charge >= 0.3 is 6.09 Å². The molecule has 4 rings (SSSR count). The second-order valence-electron chi connectivity index (χ2n) is 7.18. The fourth-order valence-corrected chi connectivity index (χ4v) is 5.23. The molecule has 2 atom stereocenters. The van der Waals surface area contributed by atoms with Crippen LogP contribution in [-0.4, -0.2) is 61.4 Å². The maximum Gasteiger partial charge on any atom is 0.407 e. The van der Waals surface area contributed by atoms with Gasteiger partial charge in [-0.2, -0.15) is 5.10 Å². The minimum Gasteiger partial charge on any atom is -0.465 e. The number of amides is 1. The molecule has 1 aliphatic rings. The zero-order valence-electron chi connectivity index (χ0n) is 16.0. The van der Waals surface area contributed by atoms with Gasteiger partial charge in [-0.3, -0.25) is 4.68 Å². The number of aliphatic hydroxyl groups is 1. The van der Waals surface area contributed by atoms with E-state index in [2.05, 4.69) is 26.0 Å². The van der Waals surface area contributed by atoms with Gasteiger partial charge in [-0.1, -0.05) is 11.6 Å². The fourth-order valence-electron chi connectivity index (χ4n) is 4.18. The predicted molar refractivity (Wildman–Crippen MR) is 118 cm³/mol. The van der Waals surface area contributed by atoms with E-state index in [4.69, 9.17) is 11.6 Å². The average Bonchev–Trinajstić information content (AvgIpc) is 3.17. The number of carboxylic acid groups (broad SMARTS) is 1. The van der Waals surface area contributed by atoms with Gasteiger partial charge in [0.05, 0.1) is 32.6 Å². The number of nitrogens with zero attached hydrogens (tertiary/aromatic N) is 4. The van der Waals surface area contributed by atoms with Crippen LogP contribution in [0.3, 0.4) is 0 Å². The van der Waals surface area contributed by atoms with E-state index in [1.165, 1.54) is 16.7 Å². The van der Waals surface area contributed by atoms with E-state index in [0.717, 1.165) is 10.9 Å². The Morgan fingerprint density at radius 1 is 1.47 bits per heavy atom. The van der Waals surface area contributed by atoms with E-state index in [0.29, 0.717) is 36.2 Å². The maximum atomic E-state index is 15.0. The second kappa shape index (κ2) is 8.49. The van der Waals surface area contributed by atoms with Gasteiger partial charge in [0.2, 0.25) is 0 Å². The van der Waals surface area contributed by atoms with Crippen molar-refractivity contribution in [3.8, 4) is 0 Å². The number of benzene rings is 1. The largest absolute Gasteiger partial charge is 0.465 e. The summed E-state index contributed by atoms with van der Waals surface area (Å²) < 4.78 is 17.0. The van der Waals surface area contributed by atoms with Crippen LogP contribution in [0.4, 0.5) is 9.18 Å². The molecule has 0 spiro atoms. The van der Waals surface area contributed by atoms with E-state index >= 15 is 0 Å². The number of aliphatic hydroxyl groups excluding tert-OH is 1. The van der Waals surface area contributed by atoms with Crippen molar-refractivity contribution in [2.24, 2.45) is 0 Å². The first-order chi connectivity index (χ1) is 14.4. The van der Waals surface area contributed by atoms with Crippen LogP contribution in [0.2, 0.25) is 5.02 Å². The summed E-state index contributed by atoms with van der Waals surface area (Å²) in [6.07, 6.45) is 4.02. The number of hydrogen-bond acceptors (Lipinski definition) is 5. The molecular formula is C19H19BrClFN4O3S. The number of hydrogen-bond donors (Lipinski definition) is 2. The Hall–Kier alpha value is -1.62. The van der Waals surface area contributed by atoms with E-state index in [1.807, 2.05) is 10.9 Å². The summed E-state index contributed by atoms with van der Waals surface area (Å²) in [4.78, 5) is 17.4. The van der Waals surface area contributed by atoms with Crippen molar-refractivity contribution in [1.29, 1.82) is 0 Å². The Bertz CT molecular complexity index is 1140. The van der Waals surface area contributed by atoms with E-state index in [9.17, 15) is 19.4 Å². The topological polar surface area (TPSA) is 91.5 Å². The second-order valence-corrected chi connectivity index (χ2v) is 9.17. The normalized spacial score (nSPS) is 19.7. The van der Waals surface area contributed by atoms with Crippen LogP contribution in [0.25, 0.3) is 21.8 Å². The monoisotopic (exact) mass is 516 g/mol. The highest BCUT2D eigenvalue weighted by Crippen LogP contribution is 2.40. The Morgan fingerprint density at radius 3 is 2.90 bits per heavy atom. The first-order valence-corrected chi connectivity index (χ1v) is 11.8. The van der Waals surface area contributed by atoms with Crippen LogP contribution < -0.4 is 0 Å². The smallest absolute Gasteiger partial charge is 0.407 e. The van der Waals surface area contributed by atoms with E-state index in [1.54, 1.807) is 12.3 Å². The van der Waals surface area contributed by atoms with Crippen LogP contribution >= 0.6 is 39.3 Å². The molecule has 0 radical (unpaired) electrons. The summed E-state index contributed by atoms with van der Waals surface area (Å²) in [5.74, 6) is -0.527. The van der Waals surface area contributed by atoms with Gasteiger partial charge in [0.25, 0.3) is 0 Å². The van der Waals surface area contributed by atoms with Crippen LogP contribution in [-0.2, 0) is 0 Å². The van der Waals surface area contributed by atoms with Crippen LogP contribution in [0.5, 0.6) is 0 Å². The fraction of sp³-hybridized carbons (Fsp3) is 0.421. The highest BCUT2D eigenvalue weighted by molar-refractivity contribution is 9.10. The number of likely N-dealkylation sites (tertiary alicyclic amines) is 1. The number of carbonyl (C=O) groups is 1. The first kappa shape index (κ1) is 21.6. The number of halogens is 3. The van der Waals surface area contributed by atoms with Crippen molar-refractivity contribution in [3.05, 3.63) is 27.6 Å². The quantitative estimate of drug-likeness (QED) is 0.377. The molecule has 1 fully saturated rings. The molecule has 11 heteroatoms. The molecule has 3 aromatic rings. The number of aromatic nitrogens is 3. The van der Waals surface area contributed by atoms with Gasteiger partial charge in [-0.25, -0.2) is 14.2 Å². The highest BCUT2D eigenvalue weighted by Gasteiger charge is 2.33. The van der Waals surface area contributed by atoms with Gasteiger partial charge in [0, 0.05) is 24.6 Å². The molecule has 0 aliphatic carbocycles. The molecule has 7 nitrogen and oxygen atoms in total. The summed E-state index contributed by atoms with van der Waals surface area (Å²) in [7, 11) is 0. The Balaban J connectivity index is 1.89. The van der Waals surface area contributed by atoms with Crippen LogP contribution in [0, 0.1) is 5.82 Å². The number of piperidine rings is 1. The molecule has 30 heavy (non-hydrogen) atoms. The van der Waals surface area contributed by atoms with Gasteiger partial charge in [-0.05, 0) is 47.5 Å². The van der Waals surface area contributed by atoms with Gasteiger partial charge in [-0.15, -0.1) is 11.8 Å². The van der Waals surface area contributed by atoms with Gasteiger partial charge in [0.15, 0.2) is 5.82 Å². The number of fused-ring (bicyclic) bond motifs is 3. The van der Waals surface area contributed by atoms with Crippen LogP contribution in [0.1, 0.15) is 25.3 Å². The molecule has 1 aliphatic heterocycles. The van der Waals surface area contributed by atoms with Crippen molar-refractivity contribution in [3.63, 3.8) is 0 Å². The van der Waals surface area contributed by atoms with Crippen molar-refractivity contribution in [1.82, 2.24) is 19.7 Å². The zero-order valence-corrected chi connectivity index (χ0v) is 19.1. The summed E-state index contributed by atoms with van der Waals surface area (Å²) >= 11 is 10.8. The van der Waals surface area contributed by atoms with Crippen molar-refractivity contribution >= 4 is 67.2 Å². The standard InChI is InChI=1S/C19H19BrClFN4O3S/c1-30-18-12-8-23-26(10-2-4-25(19(28)29)9(6-10)3-5-27)17(12)11-7-13(21)14(20)15(22)16(11)24-18/h7-10,27H,2-6H2,1H3,(H,28,29)/t9-,10+/m1/s1. The molecule has 3 heterocycles. The maximum absolute atomic E-state index is 15.0. The SMILES string of the molecule is CSc1nc2c(F)c(Br)c(Cl)cc2c2c1cnn2[C@H]1CCN(C(=O)O)[C@H](CCO)C1.